The quantitative estimate of drug-likeness (QED) is 0.528. The smallest absolute Gasteiger partial charge is 0.310 e. The molecule has 20 heavy (non-hydrogen) atoms. The highest BCUT2D eigenvalue weighted by Gasteiger charge is 2.13. The number of hydrogen-bond acceptors (Lipinski definition) is 4. The molecule has 4 heteroatoms. The van der Waals surface area contributed by atoms with E-state index in [9.17, 15) is 4.79 Å². The molecular weight excluding hydrogens is 254 g/mol. The van der Waals surface area contributed by atoms with Crippen LogP contribution in [0.1, 0.15) is 25.8 Å². The number of rotatable bonds is 10. The van der Waals surface area contributed by atoms with E-state index in [1.165, 1.54) is 0 Å². The van der Waals surface area contributed by atoms with Crippen LogP contribution in [0.15, 0.2) is 30.3 Å². The second-order valence-electron chi connectivity index (χ2n) is 4.75. The summed E-state index contributed by atoms with van der Waals surface area (Å²) in [7, 11) is 0. The van der Waals surface area contributed by atoms with Crippen LogP contribution >= 0.6 is 0 Å². The number of carbonyl (C=O) groups is 1. The largest absolute Gasteiger partial charge is 0.461 e. The fraction of sp³-hybridized carbons (Fsp3) is 0.562. The first-order valence-electron chi connectivity index (χ1n) is 7.23. The number of nitrogens with one attached hydrogen (secondary N) is 1. The van der Waals surface area contributed by atoms with Crippen molar-refractivity contribution in [1.82, 2.24) is 5.32 Å². The van der Waals surface area contributed by atoms with Gasteiger partial charge in [0.2, 0.25) is 0 Å². The summed E-state index contributed by atoms with van der Waals surface area (Å²) in [5.41, 5.74) is 1.01. The van der Waals surface area contributed by atoms with Gasteiger partial charge < -0.3 is 14.8 Å². The van der Waals surface area contributed by atoms with Gasteiger partial charge in [0.05, 0.1) is 5.92 Å². The molecule has 1 aromatic rings. The molecule has 1 atom stereocenters. The van der Waals surface area contributed by atoms with Crippen molar-refractivity contribution in [3.05, 3.63) is 35.9 Å². The van der Waals surface area contributed by atoms with Gasteiger partial charge in [0.15, 0.2) is 0 Å². The summed E-state index contributed by atoms with van der Waals surface area (Å²) in [6.07, 6.45) is 0.958. The SMILES string of the molecule is CCOCCCNCC(C)C(=O)OCc1ccccc1. The maximum absolute atomic E-state index is 11.8. The van der Waals surface area contributed by atoms with Crippen LogP contribution in [-0.2, 0) is 20.9 Å². The summed E-state index contributed by atoms with van der Waals surface area (Å²) in [6.45, 7) is 7.21. The zero-order chi connectivity index (χ0) is 14.6. The van der Waals surface area contributed by atoms with E-state index < -0.39 is 0 Å². The van der Waals surface area contributed by atoms with Crippen molar-refractivity contribution >= 4 is 5.97 Å². The van der Waals surface area contributed by atoms with Crippen LogP contribution in [0, 0.1) is 5.92 Å². The molecule has 0 radical (unpaired) electrons. The topological polar surface area (TPSA) is 47.6 Å². The number of ether oxygens (including phenoxy) is 2. The molecule has 0 amide bonds. The number of esters is 1. The van der Waals surface area contributed by atoms with Crippen molar-refractivity contribution in [3.8, 4) is 0 Å². The molecule has 0 bridgehead atoms. The molecule has 1 N–H and O–H groups in total. The van der Waals surface area contributed by atoms with Gasteiger partial charge in [-0.15, -0.1) is 0 Å². The van der Waals surface area contributed by atoms with E-state index in [2.05, 4.69) is 5.32 Å². The summed E-state index contributed by atoms with van der Waals surface area (Å²) >= 11 is 0. The molecule has 0 aliphatic carbocycles. The molecule has 0 spiro atoms. The summed E-state index contributed by atoms with van der Waals surface area (Å²) < 4.78 is 10.5. The Hall–Kier alpha value is -1.39. The molecule has 1 unspecified atom stereocenters. The second kappa shape index (κ2) is 10.4. The third-order valence-corrected chi connectivity index (χ3v) is 2.92. The lowest BCUT2D eigenvalue weighted by atomic mass is 10.2. The first-order chi connectivity index (χ1) is 9.74. The average molecular weight is 279 g/mol. The van der Waals surface area contributed by atoms with Crippen LogP contribution in [0.4, 0.5) is 0 Å². The number of benzene rings is 1. The standard InChI is InChI=1S/C16H25NO3/c1-3-19-11-7-10-17-12-14(2)16(18)20-13-15-8-5-4-6-9-15/h4-6,8-9,14,17H,3,7,10-13H2,1-2H3. The van der Waals surface area contributed by atoms with Crippen molar-refractivity contribution in [2.45, 2.75) is 26.9 Å². The third-order valence-electron chi connectivity index (χ3n) is 2.92. The van der Waals surface area contributed by atoms with Gasteiger partial charge in [-0.1, -0.05) is 37.3 Å². The Morgan fingerprint density at radius 2 is 2.05 bits per heavy atom. The molecule has 0 heterocycles. The van der Waals surface area contributed by atoms with Crippen LogP contribution in [0.3, 0.4) is 0 Å². The summed E-state index contributed by atoms with van der Waals surface area (Å²) in [5.74, 6) is -0.294. The van der Waals surface area contributed by atoms with Gasteiger partial charge in [0.25, 0.3) is 0 Å². The summed E-state index contributed by atoms with van der Waals surface area (Å²) in [6, 6.07) is 9.72. The lowest BCUT2D eigenvalue weighted by Gasteiger charge is -2.12. The zero-order valence-electron chi connectivity index (χ0n) is 12.4. The van der Waals surface area contributed by atoms with Crippen molar-refractivity contribution in [1.29, 1.82) is 0 Å². The van der Waals surface area contributed by atoms with E-state index >= 15 is 0 Å². The Balaban J connectivity index is 2.10. The summed E-state index contributed by atoms with van der Waals surface area (Å²) in [4.78, 5) is 11.8. The molecule has 1 rings (SSSR count). The van der Waals surface area contributed by atoms with Crippen LogP contribution < -0.4 is 5.32 Å². The lowest BCUT2D eigenvalue weighted by Crippen LogP contribution is -2.29. The second-order valence-corrected chi connectivity index (χ2v) is 4.75. The van der Waals surface area contributed by atoms with Gasteiger partial charge in [0, 0.05) is 19.8 Å². The Bertz CT molecular complexity index is 367. The normalized spacial score (nSPS) is 12.1. The highest BCUT2D eigenvalue weighted by atomic mass is 16.5. The van der Waals surface area contributed by atoms with Gasteiger partial charge in [-0.05, 0) is 25.5 Å². The Kier molecular flexibility index (Phi) is 8.67. The highest BCUT2D eigenvalue weighted by Crippen LogP contribution is 2.04. The van der Waals surface area contributed by atoms with Gasteiger partial charge in [-0.25, -0.2) is 0 Å². The van der Waals surface area contributed by atoms with Crippen molar-refractivity contribution in [2.75, 3.05) is 26.3 Å². The molecule has 0 fully saturated rings. The Morgan fingerprint density at radius 3 is 2.75 bits per heavy atom. The van der Waals surface area contributed by atoms with Crippen molar-refractivity contribution < 1.29 is 14.3 Å². The number of carbonyl (C=O) groups excluding carboxylic acids is 1. The Morgan fingerprint density at radius 1 is 1.30 bits per heavy atom. The van der Waals surface area contributed by atoms with E-state index in [-0.39, 0.29) is 11.9 Å². The monoisotopic (exact) mass is 279 g/mol. The van der Waals surface area contributed by atoms with Gasteiger partial charge in [-0.2, -0.15) is 0 Å². The van der Waals surface area contributed by atoms with Crippen LogP contribution in [0.2, 0.25) is 0 Å². The highest BCUT2D eigenvalue weighted by molar-refractivity contribution is 5.72. The van der Waals surface area contributed by atoms with E-state index in [0.29, 0.717) is 13.2 Å². The van der Waals surface area contributed by atoms with Gasteiger partial charge >= 0.3 is 5.97 Å². The van der Waals surface area contributed by atoms with E-state index in [1.54, 1.807) is 0 Å². The summed E-state index contributed by atoms with van der Waals surface area (Å²) in [5, 5.41) is 3.24. The van der Waals surface area contributed by atoms with E-state index in [0.717, 1.165) is 31.7 Å². The third kappa shape index (κ3) is 7.26. The van der Waals surface area contributed by atoms with Crippen LogP contribution in [-0.4, -0.2) is 32.3 Å². The maximum atomic E-state index is 11.8. The lowest BCUT2D eigenvalue weighted by molar-refractivity contribution is -0.149. The molecule has 4 nitrogen and oxygen atoms in total. The van der Waals surface area contributed by atoms with E-state index in [4.69, 9.17) is 9.47 Å². The van der Waals surface area contributed by atoms with E-state index in [1.807, 2.05) is 44.2 Å². The molecule has 0 saturated heterocycles. The molecule has 0 aliphatic rings. The molecule has 0 aromatic heterocycles. The first kappa shape index (κ1) is 16.7. The Labute approximate surface area is 121 Å². The van der Waals surface area contributed by atoms with Crippen LogP contribution in [0.25, 0.3) is 0 Å². The predicted molar refractivity (Wildman–Crippen MR) is 79.4 cm³/mol. The van der Waals surface area contributed by atoms with Gasteiger partial charge in [0.1, 0.15) is 6.61 Å². The van der Waals surface area contributed by atoms with Crippen molar-refractivity contribution in [2.24, 2.45) is 5.92 Å². The predicted octanol–water partition coefficient (Wildman–Crippen LogP) is 2.38. The average Bonchev–Trinajstić information content (AvgIpc) is 2.49. The first-order valence-corrected chi connectivity index (χ1v) is 7.23. The zero-order valence-corrected chi connectivity index (χ0v) is 12.4. The maximum Gasteiger partial charge on any atom is 0.310 e. The fourth-order valence-corrected chi connectivity index (χ4v) is 1.72. The molecule has 0 aliphatic heterocycles. The minimum Gasteiger partial charge on any atom is -0.461 e. The fourth-order valence-electron chi connectivity index (χ4n) is 1.72. The molecule has 0 saturated carbocycles. The van der Waals surface area contributed by atoms with Gasteiger partial charge in [-0.3, -0.25) is 4.79 Å². The molecule has 112 valence electrons. The van der Waals surface area contributed by atoms with Crippen LogP contribution in [0.5, 0.6) is 0 Å². The van der Waals surface area contributed by atoms with Crippen molar-refractivity contribution in [3.63, 3.8) is 0 Å². The molecular formula is C16H25NO3. The molecule has 1 aromatic carbocycles. The number of hydrogen-bond donors (Lipinski definition) is 1. The minimum atomic E-state index is -0.161. The minimum absolute atomic E-state index is 0.134.